The fourth-order valence-electron chi connectivity index (χ4n) is 1.13. The molecule has 0 aromatic rings. The Labute approximate surface area is 48.5 Å². The van der Waals surface area contributed by atoms with Gasteiger partial charge in [0.2, 0.25) is 0 Å². The molecule has 0 heterocycles. The molecular formula is C6H10O2. The molecule has 1 fully saturated rings. The van der Waals surface area contributed by atoms with E-state index < -0.39 is 0 Å². The largest absolute Gasteiger partial charge is 0.392 e. The van der Waals surface area contributed by atoms with Gasteiger partial charge in [-0.3, -0.25) is 0 Å². The molecule has 1 N–H and O–H groups in total. The second-order valence-electron chi connectivity index (χ2n) is 2.30. The number of rotatable bonds is 1. The minimum Gasteiger partial charge on any atom is -0.392 e. The predicted octanol–water partition coefficient (Wildman–Crippen LogP) is 0.346. The lowest BCUT2D eigenvalue weighted by molar-refractivity contribution is -0.113. The van der Waals surface area contributed by atoms with E-state index in [1.165, 1.54) is 0 Å². The van der Waals surface area contributed by atoms with E-state index in [1.54, 1.807) is 0 Å². The number of carbonyl (C=O) groups excluding carboxylic acids is 1. The predicted molar refractivity (Wildman–Crippen MR) is 29.4 cm³/mol. The average molecular weight is 114 g/mol. The van der Waals surface area contributed by atoms with E-state index in [4.69, 9.17) is 5.11 Å². The van der Waals surface area contributed by atoms with Crippen LogP contribution < -0.4 is 0 Å². The molecule has 0 saturated heterocycles. The highest BCUT2D eigenvalue weighted by molar-refractivity contribution is 5.54. The molecule has 8 heavy (non-hydrogen) atoms. The van der Waals surface area contributed by atoms with Crippen molar-refractivity contribution in [2.75, 3.05) is 0 Å². The van der Waals surface area contributed by atoms with Crippen LogP contribution in [0.15, 0.2) is 0 Å². The first-order valence-electron chi connectivity index (χ1n) is 2.98. The second-order valence-corrected chi connectivity index (χ2v) is 2.30. The Morgan fingerprint density at radius 3 is 2.50 bits per heavy atom. The molecule has 0 amide bonds. The number of aliphatic hydroxyl groups excluding tert-OH is 1. The van der Waals surface area contributed by atoms with E-state index in [2.05, 4.69) is 0 Å². The van der Waals surface area contributed by atoms with Gasteiger partial charge in [0.1, 0.15) is 6.29 Å². The van der Waals surface area contributed by atoms with Gasteiger partial charge in [0.05, 0.1) is 6.10 Å². The molecule has 0 bridgehead atoms. The molecule has 0 spiro atoms. The molecular weight excluding hydrogens is 104 g/mol. The number of aliphatic hydroxyl groups is 1. The van der Waals surface area contributed by atoms with Gasteiger partial charge < -0.3 is 9.90 Å². The van der Waals surface area contributed by atoms with Crippen LogP contribution in [0.4, 0.5) is 0 Å². The van der Waals surface area contributed by atoms with Crippen LogP contribution in [0.2, 0.25) is 0 Å². The van der Waals surface area contributed by atoms with Crippen molar-refractivity contribution in [2.45, 2.75) is 25.4 Å². The zero-order chi connectivity index (χ0) is 5.98. The van der Waals surface area contributed by atoms with Crippen LogP contribution >= 0.6 is 0 Å². The van der Waals surface area contributed by atoms with Crippen LogP contribution in [0.1, 0.15) is 19.3 Å². The summed E-state index contributed by atoms with van der Waals surface area (Å²) in [6, 6.07) is 0. The summed E-state index contributed by atoms with van der Waals surface area (Å²) in [4.78, 5) is 10.1. The van der Waals surface area contributed by atoms with Crippen LogP contribution in [0.25, 0.3) is 0 Å². The standard InChI is InChI=1S/C6H10O2/c7-4-5-2-1-3-6(5)8/h4-6,8H,1-3H2/t5-,6+/m0/s1. The van der Waals surface area contributed by atoms with Crippen molar-refractivity contribution in [1.29, 1.82) is 0 Å². The van der Waals surface area contributed by atoms with Gasteiger partial charge in [-0.1, -0.05) is 6.42 Å². The van der Waals surface area contributed by atoms with Gasteiger partial charge in [0.25, 0.3) is 0 Å². The Morgan fingerprint density at radius 1 is 1.50 bits per heavy atom. The van der Waals surface area contributed by atoms with Crippen LogP contribution in [-0.2, 0) is 4.79 Å². The maximum atomic E-state index is 10.1. The summed E-state index contributed by atoms with van der Waals surface area (Å²) in [7, 11) is 0. The molecule has 0 radical (unpaired) electrons. The highest BCUT2D eigenvalue weighted by Gasteiger charge is 2.23. The molecule has 0 unspecified atom stereocenters. The van der Waals surface area contributed by atoms with Gasteiger partial charge in [0, 0.05) is 5.92 Å². The first kappa shape index (κ1) is 5.76. The number of hydrogen-bond acceptors (Lipinski definition) is 2. The Kier molecular flexibility index (Phi) is 1.63. The minimum absolute atomic E-state index is 0.0602. The topological polar surface area (TPSA) is 37.3 Å². The summed E-state index contributed by atoms with van der Waals surface area (Å²) in [6.45, 7) is 0. The van der Waals surface area contributed by atoms with E-state index in [1.807, 2.05) is 0 Å². The highest BCUT2D eigenvalue weighted by Crippen LogP contribution is 2.22. The van der Waals surface area contributed by atoms with Gasteiger partial charge in [-0.15, -0.1) is 0 Å². The van der Waals surface area contributed by atoms with Gasteiger partial charge >= 0.3 is 0 Å². The Bertz CT molecular complexity index is 90.5. The molecule has 0 aromatic heterocycles. The summed E-state index contributed by atoms with van der Waals surface area (Å²) in [5, 5.41) is 8.96. The smallest absolute Gasteiger partial charge is 0.125 e. The monoisotopic (exact) mass is 114 g/mol. The number of hydrogen-bond donors (Lipinski definition) is 1. The first-order chi connectivity index (χ1) is 3.84. The van der Waals surface area contributed by atoms with Gasteiger partial charge in [-0.25, -0.2) is 0 Å². The fraction of sp³-hybridized carbons (Fsp3) is 0.833. The summed E-state index contributed by atoms with van der Waals surface area (Å²) in [5.74, 6) is -0.0602. The van der Waals surface area contributed by atoms with Crippen LogP contribution in [-0.4, -0.2) is 17.5 Å². The molecule has 1 saturated carbocycles. The van der Waals surface area contributed by atoms with Gasteiger partial charge in [-0.05, 0) is 12.8 Å². The van der Waals surface area contributed by atoms with E-state index in [9.17, 15) is 4.79 Å². The van der Waals surface area contributed by atoms with Crippen molar-refractivity contribution < 1.29 is 9.90 Å². The Balaban J connectivity index is 2.41. The van der Waals surface area contributed by atoms with Crippen molar-refractivity contribution in [3.63, 3.8) is 0 Å². The molecule has 0 aromatic carbocycles. The summed E-state index contributed by atoms with van der Waals surface area (Å²) >= 11 is 0. The SMILES string of the molecule is O=C[C@@H]1CCC[C@H]1O. The third-order valence-electron chi connectivity index (χ3n) is 1.71. The minimum atomic E-state index is -0.340. The lowest BCUT2D eigenvalue weighted by atomic mass is 10.1. The van der Waals surface area contributed by atoms with Gasteiger partial charge in [-0.2, -0.15) is 0 Å². The summed E-state index contributed by atoms with van der Waals surface area (Å²) in [6.07, 6.45) is 3.21. The van der Waals surface area contributed by atoms with Crippen molar-refractivity contribution in [3.05, 3.63) is 0 Å². The van der Waals surface area contributed by atoms with E-state index in [0.29, 0.717) is 0 Å². The Morgan fingerprint density at radius 2 is 2.25 bits per heavy atom. The lowest BCUT2D eigenvalue weighted by Gasteiger charge is -2.02. The van der Waals surface area contributed by atoms with Crippen molar-refractivity contribution in [1.82, 2.24) is 0 Å². The Hall–Kier alpha value is -0.370. The molecule has 2 nitrogen and oxygen atoms in total. The first-order valence-corrected chi connectivity index (χ1v) is 2.98. The van der Waals surface area contributed by atoms with E-state index in [0.717, 1.165) is 25.5 Å². The second kappa shape index (κ2) is 2.27. The molecule has 2 heteroatoms. The quantitative estimate of drug-likeness (QED) is 0.499. The van der Waals surface area contributed by atoms with Crippen molar-refractivity contribution >= 4 is 6.29 Å². The summed E-state index contributed by atoms with van der Waals surface area (Å²) < 4.78 is 0. The zero-order valence-electron chi connectivity index (χ0n) is 4.71. The van der Waals surface area contributed by atoms with Crippen LogP contribution in [0, 0.1) is 5.92 Å². The average Bonchev–Trinajstić information content (AvgIpc) is 2.14. The third-order valence-corrected chi connectivity index (χ3v) is 1.71. The fourth-order valence-corrected chi connectivity index (χ4v) is 1.13. The van der Waals surface area contributed by atoms with Gasteiger partial charge in [0.15, 0.2) is 0 Å². The normalized spacial score (nSPS) is 37.6. The molecule has 1 aliphatic carbocycles. The highest BCUT2D eigenvalue weighted by atomic mass is 16.3. The maximum absolute atomic E-state index is 10.1. The van der Waals surface area contributed by atoms with Crippen molar-refractivity contribution in [3.8, 4) is 0 Å². The van der Waals surface area contributed by atoms with Crippen LogP contribution in [0.5, 0.6) is 0 Å². The molecule has 0 aliphatic heterocycles. The summed E-state index contributed by atoms with van der Waals surface area (Å²) in [5.41, 5.74) is 0. The van der Waals surface area contributed by atoms with E-state index >= 15 is 0 Å². The molecule has 2 atom stereocenters. The van der Waals surface area contributed by atoms with Crippen molar-refractivity contribution in [2.24, 2.45) is 5.92 Å². The van der Waals surface area contributed by atoms with Crippen LogP contribution in [0.3, 0.4) is 0 Å². The molecule has 1 rings (SSSR count). The van der Waals surface area contributed by atoms with E-state index in [-0.39, 0.29) is 12.0 Å². The molecule has 46 valence electrons. The third kappa shape index (κ3) is 0.892. The zero-order valence-corrected chi connectivity index (χ0v) is 4.71. The maximum Gasteiger partial charge on any atom is 0.125 e. The lowest BCUT2D eigenvalue weighted by Crippen LogP contribution is -2.13. The number of aldehydes is 1. The molecule has 1 aliphatic rings. The number of carbonyl (C=O) groups is 1.